The van der Waals surface area contributed by atoms with Crippen molar-refractivity contribution in [1.82, 2.24) is 4.90 Å². The molecule has 5 rings (SSSR count). The number of hydrogen-bond acceptors (Lipinski definition) is 5. The highest BCUT2D eigenvalue weighted by Crippen LogP contribution is 2.45. The highest BCUT2D eigenvalue weighted by molar-refractivity contribution is 5.82. The van der Waals surface area contributed by atoms with E-state index in [0.717, 1.165) is 25.7 Å². The Morgan fingerprint density at radius 2 is 1.47 bits per heavy atom. The van der Waals surface area contributed by atoms with Crippen LogP contribution in [0, 0.1) is 5.92 Å². The van der Waals surface area contributed by atoms with Crippen molar-refractivity contribution in [1.29, 1.82) is 0 Å². The maximum absolute atomic E-state index is 13.2. The average Bonchev–Trinajstić information content (AvgIpc) is 3.33. The molecule has 0 radical (unpaired) electrons. The van der Waals surface area contributed by atoms with Gasteiger partial charge in [-0.1, -0.05) is 48.5 Å². The fraction of sp³-hybridized carbons (Fsp3) is 0.500. The van der Waals surface area contributed by atoms with Gasteiger partial charge in [0.15, 0.2) is 6.29 Å². The maximum atomic E-state index is 13.2. The van der Waals surface area contributed by atoms with Gasteiger partial charge in [0, 0.05) is 51.0 Å². The highest BCUT2D eigenvalue weighted by Gasteiger charge is 2.46. The molecule has 2 aromatic carbocycles. The first-order chi connectivity index (χ1) is 16.6. The van der Waals surface area contributed by atoms with Crippen molar-refractivity contribution in [3.63, 3.8) is 0 Å². The Bertz CT molecular complexity index is 989. The van der Waals surface area contributed by atoms with Gasteiger partial charge >= 0.3 is 6.09 Å². The van der Waals surface area contributed by atoms with Crippen LogP contribution in [0.15, 0.2) is 48.5 Å². The Hall–Kier alpha value is -2.70. The predicted octanol–water partition coefficient (Wildman–Crippen LogP) is 5.15. The monoisotopic (exact) mass is 463 g/mol. The van der Waals surface area contributed by atoms with E-state index in [-0.39, 0.29) is 42.1 Å². The van der Waals surface area contributed by atoms with Crippen LogP contribution in [-0.4, -0.2) is 56.0 Å². The van der Waals surface area contributed by atoms with Crippen molar-refractivity contribution in [3.8, 4) is 11.1 Å². The number of ketones is 1. The van der Waals surface area contributed by atoms with Gasteiger partial charge in [-0.05, 0) is 47.9 Å². The van der Waals surface area contributed by atoms with E-state index in [4.69, 9.17) is 14.2 Å². The lowest BCUT2D eigenvalue weighted by atomic mass is 9.86. The van der Waals surface area contributed by atoms with E-state index >= 15 is 0 Å². The predicted molar refractivity (Wildman–Crippen MR) is 128 cm³/mol. The third-order valence-corrected chi connectivity index (χ3v) is 7.89. The minimum absolute atomic E-state index is 0.00417. The first-order valence-electron chi connectivity index (χ1n) is 12.3. The number of piperidine rings is 1. The largest absolute Gasteiger partial charge is 0.448 e. The number of nitrogens with zero attached hydrogens (tertiary/aromatic N) is 1. The first kappa shape index (κ1) is 23.1. The third-order valence-electron chi connectivity index (χ3n) is 7.89. The summed E-state index contributed by atoms with van der Waals surface area (Å²) >= 11 is 0. The third kappa shape index (κ3) is 4.25. The summed E-state index contributed by atoms with van der Waals surface area (Å²) in [6.45, 7) is 0.334. The number of hydrogen-bond donors (Lipinski definition) is 0. The molecule has 34 heavy (non-hydrogen) atoms. The zero-order chi connectivity index (χ0) is 23.7. The number of benzene rings is 2. The minimum atomic E-state index is -0.346. The Morgan fingerprint density at radius 1 is 0.912 bits per heavy atom. The lowest BCUT2D eigenvalue weighted by Gasteiger charge is -2.38. The van der Waals surface area contributed by atoms with E-state index in [1.165, 1.54) is 22.3 Å². The number of Topliss-reactive ketones (excluding diaryl/α,β-unsaturated/α-hetero) is 1. The van der Waals surface area contributed by atoms with Crippen LogP contribution in [0.1, 0.15) is 55.6 Å². The van der Waals surface area contributed by atoms with E-state index in [1.54, 1.807) is 14.2 Å². The fourth-order valence-corrected chi connectivity index (χ4v) is 6.20. The van der Waals surface area contributed by atoms with E-state index in [2.05, 4.69) is 36.4 Å². The molecule has 180 valence electrons. The average molecular weight is 464 g/mol. The number of amides is 1. The molecule has 2 atom stereocenters. The van der Waals surface area contributed by atoms with Crippen molar-refractivity contribution in [2.24, 2.45) is 5.92 Å². The number of fused-ring (bicyclic) bond motifs is 5. The van der Waals surface area contributed by atoms with E-state index in [9.17, 15) is 9.59 Å². The molecule has 2 unspecified atom stereocenters. The molecule has 6 nitrogen and oxygen atoms in total. The van der Waals surface area contributed by atoms with Gasteiger partial charge in [-0.2, -0.15) is 0 Å². The standard InChI is InChI=1S/C28H33NO5/c1-32-27(33-2)14-13-26(30)18-15-19-11-12-20(16-18)29(19)28(31)34-17-25-23-9-5-3-7-21(23)22-8-4-6-10-24(22)25/h3-10,18-20,25,27H,11-17H2,1-2H3. The zero-order valence-electron chi connectivity index (χ0n) is 19.9. The summed E-state index contributed by atoms with van der Waals surface area (Å²) in [7, 11) is 3.18. The molecule has 2 bridgehead atoms. The lowest BCUT2D eigenvalue weighted by Crippen LogP contribution is -2.48. The Morgan fingerprint density at radius 3 is 2.03 bits per heavy atom. The van der Waals surface area contributed by atoms with E-state index in [0.29, 0.717) is 19.4 Å². The fourth-order valence-electron chi connectivity index (χ4n) is 6.20. The number of carbonyl (C=O) groups is 2. The maximum Gasteiger partial charge on any atom is 0.410 e. The Balaban J connectivity index is 1.21. The molecular formula is C28H33NO5. The second-order valence-corrected chi connectivity index (χ2v) is 9.67. The lowest BCUT2D eigenvalue weighted by molar-refractivity contribution is -0.132. The van der Waals surface area contributed by atoms with Crippen LogP contribution in [0.2, 0.25) is 0 Å². The Labute approximate surface area is 201 Å². The molecule has 2 heterocycles. The summed E-state index contributed by atoms with van der Waals surface area (Å²) in [6.07, 6.45) is 3.76. The molecule has 1 aliphatic carbocycles. The molecule has 0 spiro atoms. The van der Waals surface area contributed by atoms with Gasteiger partial charge in [-0.25, -0.2) is 4.79 Å². The van der Waals surface area contributed by atoms with Crippen molar-refractivity contribution in [2.75, 3.05) is 20.8 Å². The molecule has 6 heteroatoms. The highest BCUT2D eigenvalue weighted by atomic mass is 16.7. The van der Waals surface area contributed by atoms with Crippen LogP contribution in [-0.2, 0) is 19.0 Å². The van der Waals surface area contributed by atoms with Gasteiger partial charge in [0.1, 0.15) is 12.4 Å². The minimum Gasteiger partial charge on any atom is -0.448 e. The van der Waals surface area contributed by atoms with Gasteiger partial charge in [0.05, 0.1) is 0 Å². The van der Waals surface area contributed by atoms with Crippen LogP contribution in [0.4, 0.5) is 4.79 Å². The molecule has 2 aliphatic heterocycles. The molecule has 2 saturated heterocycles. The summed E-state index contributed by atoms with van der Waals surface area (Å²) in [6, 6.07) is 16.9. The van der Waals surface area contributed by atoms with E-state index < -0.39 is 0 Å². The number of rotatable bonds is 8. The summed E-state index contributed by atoms with van der Waals surface area (Å²) in [4.78, 5) is 27.9. The summed E-state index contributed by atoms with van der Waals surface area (Å²) in [5, 5.41) is 0. The molecule has 1 amide bonds. The summed E-state index contributed by atoms with van der Waals surface area (Å²) in [5.41, 5.74) is 4.88. The van der Waals surface area contributed by atoms with Gasteiger partial charge in [-0.15, -0.1) is 0 Å². The molecule has 3 aliphatic rings. The van der Waals surface area contributed by atoms with Crippen molar-refractivity contribution >= 4 is 11.9 Å². The van der Waals surface area contributed by atoms with Gasteiger partial charge < -0.3 is 19.1 Å². The Kier molecular flexibility index (Phi) is 6.70. The van der Waals surface area contributed by atoms with Crippen molar-refractivity contribution in [2.45, 2.75) is 62.8 Å². The van der Waals surface area contributed by atoms with Gasteiger partial charge in [-0.3, -0.25) is 4.79 Å². The van der Waals surface area contributed by atoms with Crippen LogP contribution >= 0.6 is 0 Å². The molecular weight excluding hydrogens is 430 g/mol. The van der Waals surface area contributed by atoms with Gasteiger partial charge in [0.2, 0.25) is 0 Å². The summed E-state index contributed by atoms with van der Waals surface area (Å²) < 4.78 is 16.4. The topological polar surface area (TPSA) is 65.1 Å². The quantitative estimate of drug-likeness (QED) is 0.507. The number of carbonyl (C=O) groups excluding carboxylic acids is 2. The normalized spacial score (nSPS) is 23.1. The molecule has 2 fully saturated rings. The first-order valence-corrected chi connectivity index (χ1v) is 12.3. The second-order valence-electron chi connectivity index (χ2n) is 9.67. The molecule has 2 aromatic rings. The molecule has 0 aromatic heterocycles. The van der Waals surface area contributed by atoms with E-state index in [1.807, 2.05) is 17.0 Å². The smallest absolute Gasteiger partial charge is 0.410 e. The molecule has 0 saturated carbocycles. The van der Waals surface area contributed by atoms with Crippen LogP contribution in [0.3, 0.4) is 0 Å². The molecule has 0 N–H and O–H groups in total. The SMILES string of the molecule is COC(CCC(=O)C1CC2CCC(C1)N2C(=O)OCC1c2ccccc2-c2ccccc21)OC. The van der Waals surface area contributed by atoms with Crippen molar-refractivity contribution in [3.05, 3.63) is 59.7 Å². The van der Waals surface area contributed by atoms with Crippen LogP contribution < -0.4 is 0 Å². The van der Waals surface area contributed by atoms with Crippen LogP contribution in [0.25, 0.3) is 11.1 Å². The zero-order valence-corrected chi connectivity index (χ0v) is 19.9. The second kappa shape index (κ2) is 9.88. The summed E-state index contributed by atoms with van der Waals surface area (Å²) in [5.74, 6) is 0.315. The number of methoxy groups -OCH3 is 2. The number of ether oxygens (including phenoxy) is 3. The van der Waals surface area contributed by atoms with Crippen molar-refractivity contribution < 1.29 is 23.8 Å². The van der Waals surface area contributed by atoms with Gasteiger partial charge in [0.25, 0.3) is 0 Å². The van der Waals surface area contributed by atoms with Crippen LogP contribution in [0.5, 0.6) is 0 Å².